The summed E-state index contributed by atoms with van der Waals surface area (Å²) in [6.45, 7) is 0. The number of hydrogen-bond donors (Lipinski definition) is 1. The second kappa shape index (κ2) is 2.51. The van der Waals surface area contributed by atoms with Gasteiger partial charge in [-0.3, -0.25) is 4.79 Å². The molecule has 0 fully saturated rings. The van der Waals surface area contributed by atoms with Gasteiger partial charge in [-0.15, -0.1) is 0 Å². The van der Waals surface area contributed by atoms with Crippen molar-refractivity contribution in [3.05, 3.63) is 12.0 Å². The minimum atomic E-state index is -5.21. The molecule has 13 heavy (non-hydrogen) atoms. The van der Waals surface area contributed by atoms with Crippen LogP contribution in [0, 0.1) is 0 Å². The molecule has 4 nitrogen and oxygen atoms in total. The van der Waals surface area contributed by atoms with E-state index in [9.17, 15) is 22.4 Å². The van der Waals surface area contributed by atoms with Gasteiger partial charge in [0.05, 0.1) is 6.20 Å². The van der Waals surface area contributed by atoms with Gasteiger partial charge in [-0.05, 0) is 0 Å². The monoisotopic (exact) mass is 197 g/mol. The molecule has 0 aromatic rings. The van der Waals surface area contributed by atoms with Gasteiger partial charge < -0.3 is 5.73 Å². The molecule has 1 atom stereocenters. The second-order valence-corrected chi connectivity index (χ2v) is 2.26. The van der Waals surface area contributed by atoms with Gasteiger partial charge in [0.15, 0.2) is 5.83 Å². The maximum absolute atomic E-state index is 12.6. The molecule has 2 N–H and O–H groups in total. The van der Waals surface area contributed by atoms with Crippen LogP contribution in [0.2, 0.25) is 0 Å². The highest BCUT2D eigenvalue weighted by atomic mass is 19.4. The van der Waals surface area contributed by atoms with E-state index in [1.807, 2.05) is 0 Å². The lowest BCUT2D eigenvalue weighted by Gasteiger charge is -2.22. The maximum Gasteiger partial charge on any atom is 0.431 e. The molecule has 1 rings (SSSR count). The predicted octanol–water partition coefficient (Wildman–Crippen LogP) is 1.05. The molecular weight excluding hydrogens is 194 g/mol. The topological polar surface area (TPSA) is 67.8 Å². The Kier molecular flexibility index (Phi) is 1.85. The van der Waals surface area contributed by atoms with Crippen LogP contribution in [-0.2, 0) is 4.79 Å². The van der Waals surface area contributed by atoms with Crippen LogP contribution < -0.4 is 5.73 Å². The van der Waals surface area contributed by atoms with Crippen LogP contribution in [-0.4, -0.2) is 17.6 Å². The zero-order valence-electron chi connectivity index (χ0n) is 5.97. The van der Waals surface area contributed by atoms with E-state index in [-0.39, 0.29) is 6.20 Å². The van der Waals surface area contributed by atoms with Gasteiger partial charge in [0.2, 0.25) is 0 Å². The van der Waals surface area contributed by atoms with Crippen molar-refractivity contribution < 1.29 is 22.4 Å². The number of nitrogens with zero attached hydrogens (tertiary/aromatic N) is 2. The van der Waals surface area contributed by atoms with Gasteiger partial charge >= 0.3 is 11.7 Å². The first-order valence-corrected chi connectivity index (χ1v) is 2.97. The number of halogens is 4. The van der Waals surface area contributed by atoms with Crippen molar-refractivity contribution >= 4 is 5.91 Å². The number of hydrogen-bond acceptors (Lipinski definition) is 3. The van der Waals surface area contributed by atoms with E-state index in [1.54, 1.807) is 0 Å². The maximum atomic E-state index is 12.6. The summed E-state index contributed by atoms with van der Waals surface area (Å²) in [6, 6.07) is 0. The van der Waals surface area contributed by atoms with E-state index in [2.05, 4.69) is 16.0 Å². The Morgan fingerprint density at radius 3 is 2.23 bits per heavy atom. The number of carbonyl (C=O) groups is 1. The fourth-order valence-corrected chi connectivity index (χ4v) is 0.806. The van der Waals surface area contributed by atoms with E-state index in [4.69, 9.17) is 0 Å². The number of amides is 1. The highest BCUT2D eigenvalue weighted by Crippen LogP contribution is 2.42. The molecule has 0 saturated heterocycles. The number of alkyl halides is 3. The van der Waals surface area contributed by atoms with Gasteiger partial charge in [0.1, 0.15) is 0 Å². The molecule has 8 heteroatoms. The van der Waals surface area contributed by atoms with Crippen molar-refractivity contribution in [2.75, 3.05) is 0 Å². The van der Waals surface area contributed by atoms with Crippen LogP contribution in [0.1, 0.15) is 0 Å². The number of nitrogens with two attached hydrogens (primary N) is 1. The largest absolute Gasteiger partial charge is 0.431 e. The average Bonchev–Trinajstić information content (AvgIpc) is 2.29. The van der Waals surface area contributed by atoms with E-state index in [1.165, 1.54) is 0 Å². The summed E-state index contributed by atoms with van der Waals surface area (Å²) in [6.07, 6.45) is -5.00. The number of rotatable bonds is 1. The lowest BCUT2D eigenvalue weighted by atomic mass is 9.98. The Hall–Kier alpha value is -1.47. The van der Waals surface area contributed by atoms with Crippen LogP contribution in [0.25, 0.3) is 0 Å². The lowest BCUT2D eigenvalue weighted by Crippen LogP contribution is -2.53. The molecule has 1 amide bonds. The Balaban J connectivity index is 3.27. The molecule has 0 radical (unpaired) electrons. The van der Waals surface area contributed by atoms with Gasteiger partial charge in [-0.2, -0.15) is 23.4 Å². The zero-order chi connectivity index (χ0) is 10.3. The molecule has 0 aromatic carbocycles. The highest BCUT2D eigenvalue weighted by molar-refractivity contribution is 5.89. The Morgan fingerprint density at radius 1 is 1.54 bits per heavy atom. The SMILES string of the molecule is NC(=O)C1(C(F)(F)F)N=NC=C1F. The smallest absolute Gasteiger partial charge is 0.367 e. The van der Waals surface area contributed by atoms with Gasteiger partial charge in [0.25, 0.3) is 5.91 Å². The number of azo groups is 1. The van der Waals surface area contributed by atoms with Crippen LogP contribution in [0.5, 0.6) is 0 Å². The predicted molar refractivity (Wildman–Crippen MR) is 32.0 cm³/mol. The molecule has 72 valence electrons. The third-order valence-corrected chi connectivity index (χ3v) is 1.49. The molecular formula is C5H3F4N3O. The zero-order valence-corrected chi connectivity index (χ0v) is 5.97. The van der Waals surface area contributed by atoms with Crippen LogP contribution in [0.3, 0.4) is 0 Å². The molecule has 1 unspecified atom stereocenters. The van der Waals surface area contributed by atoms with Gasteiger partial charge in [0, 0.05) is 0 Å². The van der Waals surface area contributed by atoms with Crippen molar-refractivity contribution in [1.29, 1.82) is 0 Å². The van der Waals surface area contributed by atoms with Crippen molar-refractivity contribution in [2.24, 2.45) is 16.0 Å². The van der Waals surface area contributed by atoms with E-state index >= 15 is 0 Å². The van der Waals surface area contributed by atoms with Crippen LogP contribution in [0.4, 0.5) is 17.6 Å². The summed E-state index contributed by atoms with van der Waals surface area (Å²) < 4.78 is 49.2. The molecule has 0 saturated carbocycles. The first-order chi connectivity index (χ1) is 5.82. The van der Waals surface area contributed by atoms with E-state index in [0.29, 0.717) is 0 Å². The first kappa shape index (κ1) is 9.62. The Labute approximate surface area is 69.1 Å². The van der Waals surface area contributed by atoms with E-state index in [0.717, 1.165) is 0 Å². The van der Waals surface area contributed by atoms with Crippen molar-refractivity contribution in [3.63, 3.8) is 0 Å². The fourth-order valence-electron chi connectivity index (χ4n) is 0.806. The molecule has 1 aliphatic heterocycles. The average molecular weight is 197 g/mol. The van der Waals surface area contributed by atoms with Gasteiger partial charge in [-0.1, -0.05) is 0 Å². The summed E-state index contributed by atoms with van der Waals surface area (Å²) in [7, 11) is 0. The number of primary amides is 1. The summed E-state index contributed by atoms with van der Waals surface area (Å²) in [5.41, 5.74) is 0.798. The first-order valence-electron chi connectivity index (χ1n) is 2.97. The second-order valence-electron chi connectivity index (χ2n) is 2.26. The summed E-state index contributed by atoms with van der Waals surface area (Å²) >= 11 is 0. The van der Waals surface area contributed by atoms with Crippen molar-refractivity contribution in [2.45, 2.75) is 11.7 Å². The molecule has 0 aromatic heterocycles. The quantitative estimate of drug-likeness (QED) is 0.627. The van der Waals surface area contributed by atoms with Crippen molar-refractivity contribution in [1.82, 2.24) is 0 Å². The Bertz CT molecular complexity index is 307. The minimum Gasteiger partial charge on any atom is -0.367 e. The normalized spacial score (nSPS) is 27.5. The number of carbonyl (C=O) groups excluding carboxylic acids is 1. The van der Waals surface area contributed by atoms with Crippen LogP contribution >= 0.6 is 0 Å². The minimum absolute atomic E-state index is 0.207. The standard InChI is InChI=1S/C5H3F4N3O/c6-2-1-11-12-4(2,3(10)13)5(7,8)9/h1H,(H2,10,13). The third-order valence-electron chi connectivity index (χ3n) is 1.49. The summed E-state index contributed by atoms with van der Waals surface area (Å²) in [5, 5.41) is 5.15. The summed E-state index contributed by atoms with van der Waals surface area (Å²) in [5.74, 6) is -3.75. The lowest BCUT2D eigenvalue weighted by molar-refractivity contribution is -0.183. The van der Waals surface area contributed by atoms with Gasteiger partial charge in [-0.25, -0.2) is 4.39 Å². The molecule has 1 aliphatic rings. The fraction of sp³-hybridized carbons (Fsp3) is 0.400. The summed E-state index contributed by atoms with van der Waals surface area (Å²) in [4.78, 5) is 10.4. The van der Waals surface area contributed by atoms with E-state index < -0.39 is 23.4 Å². The third kappa shape index (κ3) is 1.09. The molecule has 0 bridgehead atoms. The van der Waals surface area contributed by atoms with Crippen LogP contribution in [0.15, 0.2) is 22.3 Å². The molecule has 0 aliphatic carbocycles. The Morgan fingerprint density at radius 2 is 2.08 bits per heavy atom. The van der Waals surface area contributed by atoms with Crippen molar-refractivity contribution in [3.8, 4) is 0 Å². The molecule has 0 spiro atoms. The molecule has 1 heterocycles. The highest BCUT2D eigenvalue weighted by Gasteiger charge is 2.65.